The Bertz CT molecular complexity index is 502. The Morgan fingerprint density at radius 2 is 2.15 bits per heavy atom. The summed E-state index contributed by atoms with van der Waals surface area (Å²) in [5.41, 5.74) is 2.05. The molecule has 0 aliphatic heterocycles. The average Bonchev–Trinajstić information content (AvgIpc) is 2.91. The quantitative estimate of drug-likeness (QED) is 0.767. The lowest BCUT2D eigenvalue weighted by molar-refractivity contribution is 0.497. The third-order valence-corrected chi connectivity index (χ3v) is 4.30. The molecule has 1 atom stereocenters. The first-order chi connectivity index (χ1) is 9.69. The molecule has 0 aliphatic rings. The van der Waals surface area contributed by atoms with Gasteiger partial charge in [0.15, 0.2) is 0 Å². The predicted octanol–water partition coefficient (Wildman–Crippen LogP) is 4.87. The number of halogens is 1. The Kier molecular flexibility index (Phi) is 5.74. The summed E-state index contributed by atoms with van der Waals surface area (Å²) in [5, 5.41) is 5.65. The van der Waals surface area contributed by atoms with Crippen LogP contribution in [0.2, 0.25) is 0 Å². The van der Waals surface area contributed by atoms with Crippen LogP contribution in [0.5, 0.6) is 0 Å². The smallest absolute Gasteiger partial charge is 0.123 e. The number of benzene rings is 1. The van der Waals surface area contributed by atoms with Crippen molar-refractivity contribution in [2.75, 3.05) is 6.54 Å². The first-order valence-corrected chi connectivity index (χ1v) is 8.10. The highest BCUT2D eigenvalue weighted by Crippen LogP contribution is 2.23. The van der Waals surface area contributed by atoms with Gasteiger partial charge in [0, 0.05) is 10.9 Å². The molecule has 0 radical (unpaired) electrons. The molecule has 20 heavy (non-hydrogen) atoms. The molecule has 108 valence electrons. The second-order valence-corrected chi connectivity index (χ2v) is 6.22. The van der Waals surface area contributed by atoms with E-state index < -0.39 is 0 Å². The van der Waals surface area contributed by atoms with Crippen molar-refractivity contribution in [2.24, 2.45) is 0 Å². The van der Waals surface area contributed by atoms with E-state index in [4.69, 9.17) is 0 Å². The van der Waals surface area contributed by atoms with Gasteiger partial charge in [-0.3, -0.25) is 0 Å². The molecule has 3 heteroatoms. The zero-order valence-electron chi connectivity index (χ0n) is 12.2. The Labute approximate surface area is 124 Å². The third kappa shape index (κ3) is 4.43. The van der Waals surface area contributed by atoms with Crippen LogP contribution in [0.25, 0.3) is 0 Å². The van der Waals surface area contributed by atoms with E-state index in [1.807, 2.05) is 6.92 Å². The fraction of sp³-hybridized carbons (Fsp3) is 0.412. The summed E-state index contributed by atoms with van der Waals surface area (Å²) in [6, 6.07) is 9.81. The van der Waals surface area contributed by atoms with Crippen LogP contribution < -0.4 is 5.32 Å². The molecular formula is C17H22FNS. The zero-order chi connectivity index (χ0) is 14.4. The minimum atomic E-state index is -0.139. The summed E-state index contributed by atoms with van der Waals surface area (Å²) < 4.78 is 13.6. The number of hydrogen-bond acceptors (Lipinski definition) is 2. The Balaban J connectivity index is 2.09. The first-order valence-electron chi connectivity index (χ1n) is 7.22. The van der Waals surface area contributed by atoms with Crippen molar-refractivity contribution in [1.82, 2.24) is 5.32 Å². The van der Waals surface area contributed by atoms with Gasteiger partial charge in [-0.2, -0.15) is 0 Å². The molecule has 1 nitrogen and oxygen atoms in total. The maximum absolute atomic E-state index is 13.6. The number of nitrogens with one attached hydrogen (secondary N) is 1. The predicted molar refractivity (Wildman–Crippen MR) is 84.8 cm³/mol. The van der Waals surface area contributed by atoms with E-state index in [0.29, 0.717) is 0 Å². The van der Waals surface area contributed by atoms with Gasteiger partial charge in [-0.15, -0.1) is 11.3 Å². The van der Waals surface area contributed by atoms with Crippen molar-refractivity contribution in [1.29, 1.82) is 0 Å². The fourth-order valence-electron chi connectivity index (χ4n) is 2.41. The highest BCUT2D eigenvalue weighted by Gasteiger charge is 2.12. The molecule has 0 saturated carbocycles. The van der Waals surface area contributed by atoms with Gasteiger partial charge in [0.05, 0.1) is 0 Å². The topological polar surface area (TPSA) is 12.0 Å². The van der Waals surface area contributed by atoms with Gasteiger partial charge in [0.2, 0.25) is 0 Å². The minimum Gasteiger partial charge on any atom is -0.310 e. The van der Waals surface area contributed by atoms with Crippen molar-refractivity contribution in [2.45, 2.75) is 39.2 Å². The number of aryl methyl sites for hydroxylation is 2. The third-order valence-electron chi connectivity index (χ3n) is 3.37. The molecular weight excluding hydrogens is 269 g/mol. The van der Waals surface area contributed by atoms with Crippen molar-refractivity contribution in [3.63, 3.8) is 0 Å². The zero-order valence-corrected chi connectivity index (χ0v) is 13.0. The second-order valence-electron chi connectivity index (χ2n) is 5.19. The minimum absolute atomic E-state index is 0.139. The highest BCUT2D eigenvalue weighted by molar-refractivity contribution is 7.09. The Morgan fingerprint density at radius 1 is 1.30 bits per heavy atom. The van der Waals surface area contributed by atoms with E-state index in [0.717, 1.165) is 36.9 Å². The van der Waals surface area contributed by atoms with Crippen LogP contribution in [0.3, 0.4) is 0 Å². The van der Waals surface area contributed by atoms with Crippen LogP contribution in [0.15, 0.2) is 35.7 Å². The normalized spacial score (nSPS) is 12.6. The summed E-state index contributed by atoms with van der Waals surface area (Å²) in [5.74, 6) is -0.139. The Morgan fingerprint density at radius 3 is 2.80 bits per heavy atom. The number of hydrogen-bond donors (Lipinski definition) is 1. The monoisotopic (exact) mass is 291 g/mol. The van der Waals surface area contributed by atoms with Crippen molar-refractivity contribution in [3.8, 4) is 0 Å². The summed E-state index contributed by atoms with van der Waals surface area (Å²) in [4.78, 5) is 1.39. The molecule has 1 heterocycles. The molecule has 0 bridgehead atoms. The fourth-order valence-corrected chi connectivity index (χ4v) is 3.14. The van der Waals surface area contributed by atoms with Gasteiger partial charge < -0.3 is 5.32 Å². The Hall–Kier alpha value is -1.19. The van der Waals surface area contributed by atoms with E-state index in [-0.39, 0.29) is 11.9 Å². The molecule has 1 N–H and O–H groups in total. The van der Waals surface area contributed by atoms with E-state index in [1.165, 1.54) is 4.88 Å². The van der Waals surface area contributed by atoms with Crippen molar-refractivity contribution in [3.05, 3.63) is 57.5 Å². The van der Waals surface area contributed by atoms with Crippen molar-refractivity contribution < 1.29 is 4.39 Å². The second kappa shape index (κ2) is 7.55. The lowest BCUT2D eigenvalue weighted by Crippen LogP contribution is -2.23. The molecule has 0 fully saturated rings. The molecule has 2 rings (SSSR count). The maximum Gasteiger partial charge on any atom is 0.123 e. The summed E-state index contributed by atoms with van der Waals surface area (Å²) in [6.45, 7) is 5.06. The highest BCUT2D eigenvalue weighted by atomic mass is 32.1. The van der Waals surface area contributed by atoms with Gasteiger partial charge in [-0.05, 0) is 67.4 Å². The summed E-state index contributed by atoms with van der Waals surface area (Å²) in [7, 11) is 0. The lowest BCUT2D eigenvalue weighted by Gasteiger charge is -2.19. The largest absolute Gasteiger partial charge is 0.310 e. The first kappa shape index (κ1) is 15.2. The maximum atomic E-state index is 13.6. The van der Waals surface area contributed by atoms with Crippen molar-refractivity contribution >= 4 is 11.3 Å². The molecule has 1 aromatic heterocycles. The van der Waals surface area contributed by atoms with Gasteiger partial charge in [0.1, 0.15) is 5.82 Å². The van der Waals surface area contributed by atoms with Gasteiger partial charge >= 0.3 is 0 Å². The molecule has 0 aliphatic carbocycles. The van der Waals surface area contributed by atoms with E-state index >= 15 is 0 Å². The molecule has 1 aromatic carbocycles. The molecule has 0 amide bonds. The molecule has 0 saturated heterocycles. The summed E-state index contributed by atoms with van der Waals surface area (Å²) in [6.07, 6.45) is 3.13. The van der Waals surface area contributed by atoms with Gasteiger partial charge in [-0.25, -0.2) is 4.39 Å². The number of thiophene rings is 1. The number of rotatable bonds is 7. The van der Waals surface area contributed by atoms with E-state index in [1.54, 1.807) is 23.5 Å². The molecule has 2 aromatic rings. The molecule has 0 spiro atoms. The SMILES string of the molecule is CCCNC(CCc1cccs1)c1cc(C)cc(F)c1. The van der Waals surface area contributed by atoms with Gasteiger partial charge in [0.25, 0.3) is 0 Å². The summed E-state index contributed by atoms with van der Waals surface area (Å²) >= 11 is 1.79. The standard InChI is InChI=1S/C17H22FNS/c1-3-8-19-17(7-6-16-5-4-9-20-16)14-10-13(2)11-15(18)12-14/h4-5,9-12,17,19H,3,6-8H2,1-2H3. The van der Waals surface area contributed by atoms with Crippen LogP contribution in [-0.2, 0) is 6.42 Å². The average molecular weight is 291 g/mol. The van der Waals surface area contributed by atoms with Crippen LogP contribution in [0, 0.1) is 12.7 Å². The van der Waals surface area contributed by atoms with E-state index in [9.17, 15) is 4.39 Å². The van der Waals surface area contributed by atoms with Crippen LogP contribution in [0.1, 0.15) is 41.8 Å². The van der Waals surface area contributed by atoms with Crippen LogP contribution >= 0.6 is 11.3 Å². The van der Waals surface area contributed by atoms with Crippen LogP contribution in [0.4, 0.5) is 4.39 Å². The van der Waals surface area contributed by atoms with Gasteiger partial charge in [-0.1, -0.05) is 19.1 Å². The lowest BCUT2D eigenvalue weighted by atomic mass is 9.99. The molecule has 1 unspecified atom stereocenters. The van der Waals surface area contributed by atoms with E-state index in [2.05, 4.69) is 35.8 Å². The van der Waals surface area contributed by atoms with Crippen LogP contribution in [-0.4, -0.2) is 6.54 Å².